The molecule has 13 heavy (non-hydrogen) atoms. The van der Waals surface area contributed by atoms with E-state index in [0.717, 1.165) is 5.52 Å². The van der Waals surface area contributed by atoms with Gasteiger partial charge in [0.1, 0.15) is 0 Å². The Morgan fingerprint density at radius 2 is 2.00 bits per heavy atom. The summed E-state index contributed by atoms with van der Waals surface area (Å²) in [5, 5.41) is 0. The summed E-state index contributed by atoms with van der Waals surface area (Å²) >= 11 is 4.79. The third-order valence-electron chi connectivity index (χ3n) is 1.45. The van der Waals surface area contributed by atoms with Crippen LogP contribution in [-0.2, 0) is 0 Å². The number of hydrogen-bond acceptors (Lipinski definition) is 3. The van der Waals surface area contributed by atoms with Gasteiger partial charge in [0.05, 0.1) is 5.52 Å². The molecule has 0 unspecified atom stereocenters. The average Bonchev–Trinajstić information content (AvgIpc) is 2.27. The van der Waals surface area contributed by atoms with E-state index in [1.54, 1.807) is 12.1 Å². The van der Waals surface area contributed by atoms with E-state index in [4.69, 9.17) is 22.4 Å². The first-order valence-corrected chi connectivity index (χ1v) is 3.55. The van der Waals surface area contributed by atoms with Gasteiger partial charge in [0.25, 0.3) is 4.84 Å². The van der Waals surface area contributed by atoms with Crippen LogP contribution in [0, 0.1) is 4.84 Å². The van der Waals surface area contributed by atoms with Crippen LogP contribution in [0.2, 0.25) is 0 Å². The Hall–Kier alpha value is -0.710. The Labute approximate surface area is 92.1 Å². The minimum atomic E-state index is 0. The summed E-state index contributed by atoms with van der Waals surface area (Å²) in [4.78, 5) is 3.26. The van der Waals surface area contributed by atoms with Crippen molar-refractivity contribution in [2.75, 3.05) is 5.73 Å². The maximum atomic E-state index is 5.53. The lowest BCUT2D eigenvalue weighted by Crippen LogP contribution is -1.81. The van der Waals surface area contributed by atoms with E-state index in [9.17, 15) is 0 Å². The zero-order chi connectivity index (χ0) is 7.84. The summed E-state index contributed by atoms with van der Waals surface area (Å²) in [5.74, 6) is 0. The number of nitrogens with two attached hydrogens (primary N) is 1. The molecule has 0 fully saturated rings. The van der Waals surface area contributed by atoms with Crippen molar-refractivity contribution < 1.29 is 4.42 Å². The van der Waals surface area contributed by atoms with Crippen LogP contribution in [0.1, 0.15) is 0 Å². The van der Waals surface area contributed by atoms with Gasteiger partial charge in [-0.1, -0.05) is 0 Å². The molecule has 0 radical (unpaired) electrons. The van der Waals surface area contributed by atoms with E-state index in [1.807, 2.05) is 6.07 Å². The number of benzene rings is 1. The van der Waals surface area contributed by atoms with Crippen molar-refractivity contribution >= 4 is 53.8 Å². The molecule has 3 N–H and O–H groups in total. The number of oxazole rings is 1. The van der Waals surface area contributed by atoms with Crippen molar-refractivity contribution in [3.05, 3.63) is 23.0 Å². The fourth-order valence-corrected chi connectivity index (χ4v) is 1.16. The lowest BCUT2D eigenvalue weighted by Gasteiger charge is -1.88. The standard InChI is InChI=1S/C7H6N2OS.2ClH/c8-4-1-2-5-6(3-4)10-7(11)9-5;;/h1-3H,8H2,(H,9,11);2*1H. The van der Waals surface area contributed by atoms with Gasteiger partial charge < -0.3 is 15.1 Å². The summed E-state index contributed by atoms with van der Waals surface area (Å²) < 4.78 is 5.13. The number of H-pyrrole nitrogens is 1. The first-order valence-electron chi connectivity index (χ1n) is 3.14. The zero-order valence-corrected chi connectivity index (χ0v) is 8.89. The number of rotatable bonds is 0. The maximum absolute atomic E-state index is 5.53. The van der Waals surface area contributed by atoms with Gasteiger partial charge in [0, 0.05) is 11.8 Å². The molecule has 0 bridgehead atoms. The normalized spacial score (nSPS) is 8.92. The van der Waals surface area contributed by atoms with E-state index >= 15 is 0 Å². The first kappa shape index (κ1) is 12.3. The molecule has 1 aromatic heterocycles. The Morgan fingerprint density at radius 3 is 2.69 bits per heavy atom. The summed E-state index contributed by atoms with van der Waals surface area (Å²) in [7, 11) is 0. The molecule has 0 aliphatic rings. The maximum Gasteiger partial charge on any atom is 0.266 e. The second kappa shape index (κ2) is 4.50. The predicted octanol–water partition coefficient (Wildman–Crippen LogP) is 2.92. The summed E-state index contributed by atoms with van der Waals surface area (Å²) in [5.41, 5.74) is 7.78. The quantitative estimate of drug-likeness (QED) is 0.549. The molecule has 1 heterocycles. The van der Waals surface area contributed by atoms with Crippen molar-refractivity contribution in [1.29, 1.82) is 0 Å². The minimum Gasteiger partial charge on any atom is -0.429 e. The smallest absolute Gasteiger partial charge is 0.266 e. The SMILES string of the molecule is Cl.Cl.Nc1ccc2[nH]c(=S)oc2c1. The van der Waals surface area contributed by atoms with E-state index in [2.05, 4.69) is 4.98 Å². The third kappa shape index (κ3) is 2.37. The lowest BCUT2D eigenvalue weighted by atomic mass is 10.3. The second-order valence-electron chi connectivity index (χ2n) is 2.27. The van der Waals surface area contributed by atoms with Crippen LogP contribution in [0.15, 0.2) is 22.6 Å². The molecule has 72 valence electrons. The molecule has 0 saturated heterocycles. The number of nitrogens with one attached hydrogen (secondary N) is 1. The fourth-order valence-electron chi connectivity index (χ4n) is 0.962. The van der Waals surface area contributed by atoms with E-state index in [-0.39, 0.29) is 24.8 Å². The highest BCUT2D eigenvalue weighted by Crippen LogP contribution is 2.15. The molecule has 0 amide bonds. The number of nitrogen functional groups attached to an aromatic ring is 1. The highest BCUT2D eigenvalue weighted by molar-refractivity contribution is 7.71. The number of anilines is 1. The van der Waals surface area contributed by atoms with Gasteiger partial charge in [-0.2, -0.15) is 0 Å². The molecule has 2 rings (SSSR count). The van der Waals surface area contributed by atoms with Crippen LogP contribution in [-0.4, -0.2) is 4.98 Å². The van der Waals surface area contributed by atoms with Crippen LogP contribution in [0.3, 0.4) is 0 Å². The fraction of sp³-hybridized carbons (Fsp3) is 0. The van der Waals surface area contributed by atoms with Crippen LogP contribution >= 0.6 is 37.0 Å². The van der Waals surface area contributed by atoms with Gasteiger partial charge in [-0.25, -0.2) is 0 Å². The Bertz CT molecular complexity index is 451. The van der Waals surface area contributed by atoms with E-state index < -0.39 is 0 Å². The monoisotopic (exact) mass is 238 g/mol. The minimum absolute atomic E-state index is 0. The number of fused-ring (bicyclic) bond motifs is 1. The second-order valence-corrected chi connectivity index (χ2v) is 2.64. The van der Waals surface area contributed by atoms with Crippen molar-refractivity contribution in [2.45, 2.75) is 0 Å². The molecule has 0 saturated carbocycles. The molecule has 6 heteroatoms. The highest BCUT2D eigenvalue weighted by Gasteiger charge is 1.96. The topological polar surface area (TPSA) is 55.0 Å². The molecule has 1 aromatic carbocycles. The summed E-state index contributed by atoms with van der Waals surface area (Å²) in [6.45, 7) is 0. The highest BCUT2D eigenvalue weighted by atomic mass is 35.5. The van der Waals surface area contributed by atoms with Gasteiger partial charge in [0.15, 0.2) is 5.58 Å². The Balaban J connectivity index is 0.000000720. The van der Waals surface area contributed by atoms with Gasteiger partial charge in [-0.05, 0) is 24.4 Å². The summed E-state index contributed by atoms with van der Waals surface area (Å²) in [6, 6.07) is 5.37. The Kier molecular flexibility index (Phi) is 4.26. The van der Waals surface area contributed by atoms with Gasteiger partial charge >= 0.3 is 0 Å². The summed E-state index contributed by atoms with van der Waals surface area (Å²) in [6.07, 6.45) is 0. The van der Waals surface area contributed by atoms with Gasteiger partial charge in [0.2, 0.25) is 0 Å². The largest absolute Gasteiger partial charge is 0.429 e. The molecule has 0 atom stereocenters. The molecule has 0 aliphatic heterocycles. The van der Waals surface area contributed by atoms with Gasteiger partial charge in [-0.15, -0.1) is 24.8 Å². The molecular weight excluding hydrogens is 231 g/mol. The van der Waals surface area contributed by atoms with Crippen molar-refractivity contribution in [2.24, 2.45) is 0 Å². The lowest BCUT2D eigenvalue weighted by molar-refractivity contribution is 0.583. The molecule has 0 spiro atoms. The molecular formula is C7H8Cl2N2OS. The number of halogens is 2. The molecule has 0 aliphatic carbocycles. The van der Waals surface area contributed by atoms with Crippen LogP contribution in [0.5, 0.6) is 0 Å². The molecule has 3 nitrogen and oxygen atoms in total. The number of hydrogen-bond donors (Lipinski definition) is 2. The predicted molar refractivity (Wildman–Crippen MR) is 60.3 cm³/mol. The van der Waals surface area contributed by atoms with Crippen molar-refractivity contribution in [3.63, 3.8) is 0 Å². The van der Waals surface area contributed by atoms with Crippen LogP contribution < -0.4 is 5.73 Å². The Morgan fingerprint density at radius 1 is 1.31 bits per heavy atom. The van der Waals surface area contributed by atoms with E-state index in [1.165, 1.54) is 0 Å². The van der Waals surface area contributed by atoms with Gasteiger partial charge in [-0.3, -0.25) is 0 Å². The average molecular weight is 239 g/mol. The number of aromatic nitrogens is 1. The first-order chi connectivity index (χ1) is 5.25. The van der Waals surface area contributed by atoms with Crippen molar-refractivity contribution in [3.8, 4) is 0 Å². The zero-order valence-electron chi connectivity index (χ0n) is 6.44. The van der Waals surface area contributed by atoms with Crippen LogP contribution in [0.4, 0.5) is 5.69 Å². The van der Waals surface area contributed by atoms with E-state index in [0.29, 0.717) is 16.1 Å². The number of aromatic amines is 1. The van der Waals surface area contributed by atoms with Crippen LogP contribution in [0.25, 0.3) is 11.1 Å². The van der Waals surface area contributed by atoms with Crippen molar-refractivity contribution in [1.82, 2.24) is 4.98 Å². The molecule has 2 aromatic rings. The third-order valence-corrected chi connectivity index (χ3v) is 1.63.